The first-order valence-electron chi connectivity index (χ1n) is 5.60. The Morgan fingerprint density at radius 3 is 2.13 bits per heavy atom. The Bertz CT molecular complexity index is 210. The Labute approximate surface area is 93.0 Å². The summed E-state index contributed by atoms with van der Waals surface area (Å²) in [5.74, 6) is -0.705. The second-order valence-corrected chi connectivity index (χ2v) is 5.96. The average Bonchev–Trinajstić information content (AvgIpc) is 2.01. The van der Waals surface area contributed by atoms with E-state index in [1.54, 1.807) is 0 Å². The number of carboxylic acids is 1. The summed E-state index contributed by atoms with van der Waals surface area (Å²) in [6.07, 6.45) is 3.01. The van der Waals surface area contributed by atoms with Gasteiger partial charge >= 0.3 is 5.97 Å². The molecule has 3 heteroatoms. The lowest BCUT2D eigenvalue weighted by atomic mass is 9.73. The molecule has 0 aromatic rings. The highest BCUT2D eigenvalue weighted by Crippen LogP contribution is 2.36. The molecular weight excluding hydrogens is 190 g/mol. The smallest absolute Gasteiger partial charge is 0.303 e. The zero-order chi connectivity index (χ0) is 12.1. The third-order valence-corrected chi connectivity index (χ3v) is 2.75. The van der Waals surface area contributed by atoms with Crippen molar-refractivity contribution < 1.29 is 9.90 Å². The molecule has 0 bridgehead atoms. The van der Waals surface area contributed by atoms with Gasteiger partial charge in [-0.15, -0.1) is 0 Å². The molecule has 0 rings (SSSR count). The van der Waals surface area contributed by atoms with E-state index >= 15 is 0 Å². The molecule has 15 heavy (non-hydrogen) atoms. The third kappa shape index (κ3) is 7.37. The van der Waals surface area contributed by atoms with Crippen molar-refractivity contribution in [2.45, 2.75) is 53.4 Å². The van der Waals surface area contributed by atoms with Crippen LogP contribution in [0, 0.1) is 10.8 Å². The third-order valence-electron chi connectivity index (χ3n) is 2.75. The molecule has 0 aliphatic carbocycles. The first kappa shape index (κ1) is 14.4. The fourth-order valence-electron chi connectivity index (χ4n) is 2.17. The van der Waals surface area contributed by atoms with E-state index in [2.05, 4.69) is 27.7 Å². The Morgan fingerprint density at radius 2 is 1.73 bits per heavy atom. The molecule has 0 saturated carbocycles. The van der Waals surface area contributed by atoms with E-state index in [1.165, 1.54) is 0 Å². The van der Waals surface area contributed by atoms with Gasteiger partial charge in [0, 0.05) is 6.42 Å². The van der Waals surface area contributed by atoms with Gasteiger partial charge in [-0.1, -0.05) is 27.7 Å². The van der Waals surface area contributed by atoms with E-state index in [4.69, 9.17) is 10.8 Å². The zero-order valence-corrected chi connectivity index (χ0v) is 10.5. The van der Waals surface area contributed by atoms with Gasteiger partial charge in [0.05, 0.1) is 0 Å². The Kier molecular flexibility index (Phi) is 5.29. The summed E-state index contributed by atoms with van der Waals surface area (Å²) in [6.45, 7) is 9.37. The monoisotopic (exact) mass is 215 g/mol. The SMILES string of the molecule is CC(C)(CN)CC(C)(C)CCCC(=O)O. The average molecular weight is 215 g/mol. The van der Waals surface area contributed by atoms with Gasteiger partial charge < -0.3 is 10.8 Å². The molecule has 0 amide bonds. The molecule has 3 nitrogen and oxygen atoms in total. The molecule has 0 spiro atoms. The van der Waals surface area contributed by atoms with Crippen LogP contribution in [0.1, 0.15) is 53.4 Å². The highest BCUT2D eigenvalue weighted by molar-refractivity contribution is 5.66. The first-order valence-corrected chi connectivity index (χ1v) is 5.60. The Balaban J connectivity index is 4.01. The van der Waals surface area contributed by atoms with Crippen LogP contribution >= 0.6 is 0 Å². The van der Waals surface area contributed by atoms with Crippen molar-refractivity contribution in [1.82, 2.24) is 0 Å². The molecular formula is C12H25NO2. The minimum Gasteiger partial charge on any atom is -0.481 e. The van der Waals surface area contributed by atoms with Gasteiger partial charge in [0.1, 0.15) is 0 Å². The molecule has 0 atom stereocenters. The second kappa shape index (κ2) is 5.50. The normalized spacial score (nSPS) is 12.9. The highest BCUT2D eigenvalue weighted by atomic mass is 16.4. The van der Waals surface area contributed by atoms with Crippen LogP contribution in [0.4, 0.5) is 0 Å². The van der Waals surface area contributed by atoms with Gasteiger partial charge in [-0.05, 0) is 36.6 Å². The van der Waals surface area contributed by atoms with Crippen molar-refractivity contribution >= 4 is 5.97 Å². The summed E-state index contributed by atoms with van der Waals surface area (Å²) in [5.41, 5.74) is 6.02. The van der Waals surface area contributed by atoms with Crippen molar-refractivity contribution in [1.29, 1.82) is 0 Å². The summed E-state index contributed by atoms with van der Waals surface area (Å²) in [7, 11) is 0. The predicted octanol–water partition coefficient (Wildman–Crippen LogP) is 2.64. The van der Waals surface area contributed by atoms with Gasteiger partial charge in [0.25, 0.3) is 0 Å². The molecule has 0 unspecified atom stereocenters. The fourth-order valence-corrected chi connectivity index (χ4v) is 2.17. The van der Waals surface area contributed by atoms with Crippen molar-refractivity contribution in [3.05, 3.63) is 0 Å². The molecule has 0 aliphatic heterocycles. The first-order chi connectivity index (χ1) is 6.68. The van der Waals surface area contributed by atoms with Gasteiger partial charge in [0.2, 0.25) is 0 Å². The summed E-state index contributed by atoms with van der Waals surface area (Å²) >= 11 is 0. The van der Waals surface area contributed by atoms with Crippen LogP contribution in [-0.2, 0) is 4.79 Å². The van der Waals surface area contributed by atoms with Gasteiger partial charge in [-0.2, -0.15) is 0 Å². The van der Waals surface area contributed by atoms with Gasteiger partial charge in [-0.25, -0.2) is 0 Å². The van der Waals surface area contributed by atoms with Crippen LogP contribution in [0.5, 0.6) is 0 Å². The van der Waals surface area contributed by atoms with Crippen LogP contribution in [0.2, 0.25) is 0 Å². The topological polar surface area (TPSA) is 63.3 Å². The van der Waals surface area contributed by atoms with Crippen LogP contribution < -0.4 is 5.73 Å². The quantitative estimate of drug-likeness (QED) is 0.686. The van der Waals surface area contributed by atoms with E-state index in [0.717, 1.165) is 19.3 Å². The second-order valence-electron chi connectivity index (χ2n) is 5.96. The molecule has 3 N–H and O–H groups in total. The summed E-state index contributed by atoms with van der Waals surface area (Å²) < 4.78 is 0. The number of nitrogens with two attached hydrogens (primary N) is 1. The lowest BCUT2D eigenvalue weighted by molar-refractivity contribution is -0.137. The molecule has 0 aromatic carbocycles. The summed E-state index contributed by atoms with van der Waals surface area (Å²) in [4.78, 5) is 10.4. The standard InChI is InChI=1S/C12H25NO2/c1-11(2,7-5-6-10(14)15)8-12(3,4)9-13/h5-9,13H2,1-4H3,(H,14,15). The van der Waals surface area contributed by atoms with Gasteiger partial charge in [-0.3, -0.25) is 4.79 Å². The maximum Gasteiger partial charge on any atom is 0.303 e. The number of aliphatic carboxylic acids is 1. The highest BCUT2D eigenvalue weighted by Gasteiger charge is 2.27. The molecule has 0 fully saturated rings. The number of hydrogen-bond acceptors (Lipinski definition) is 2. The molecule has 0 saturated heterocycles. The van der Waals surface area contributed by atoms with E-state index in [9.17, 15) is 4.79 Å². The van der Waals surface area contributed by atoms with Crippen molar-refractivity contribution in [2.75, 3.05) is 6.54 Å². The minimum absolute atomic E-state index is 0.146. The van der Waals surface area contributed by atoms with E-state index in [-0.39, 0.29) is 17.3 Å². The fraction of sp³-hybridized carbons (Fsp3) is 0.917. The van der Waals surface area contributed by atoms with Crippen molar-refractivity contribution in [3.63, 3.8) is 0 Å². The van der Waals surface area contributed by atoms with Crippen molar-refractivity contribution in [3.8, 4) is 0 Å². The van der Waals surface area contributed by atoms with Crippen LogP contribution in [-0.4, -0.2) is 17.6 Å². The summed E-state index contributed by atoms with van der Waals surface area (Å²) in [5, 5.41) is 8.57. The Morgan fingerprint density at radius 1 is 1.20 bits per heavy atom. The minimum atomic E-state index is -0.705. The largest absolute Gasteiger partial charge is 0.481 e. The molecule has 0 heterocycles. The zero-order valence-electron chi connectivity index (χ0n) is 10.5. The maximum absolute atomic E-state index is 10.4. The lowest BCUT2D eigenvalue weighted by Gasteiger charge is -2.34. The van der Waals surface area contributed by atoms with E-state index in [0.29, 0.717) is 6.54 Å². The van der Waals surface area contributed by atoms with Crippen LogP contribution in [0.15, 0.2) is 0 Å². The van der Waals surface area contributed by atoms with E-state index in [1.807, 2.05) is 0 Å². The number of rotatable bonds is 7. The van der Waals surface area contributed by atoms with E-state index < -0.39 is 5.97 Å². The van der Waals surface area contributed by atoms with Crippen LogP contribution in [0.3, 0.4) is 0 Å². The predicted molar refractivity (Wildman–Crippen MR) is 62.7 cm³/mol. The Hall–Kier alpha value is -0.570. The van der Waals surface area contributed by atoms with Gasteiger partial charge in [0.15, 0.2) is 0 Å². The molecule has 90 valence electrons. The molecule has 0 radical (unpaired) electrons. The molecule has 0 aliphatic rings. The number of carboxylic acid groups (broad SMARTS) is 1. The number of carbonyl (C=O) groups is 1. The van der Waals surface area contributed by atoms with Crippen LogP contribution in [0.25, 0.3) is 0 Å². The summed E-state index contributed by atoms with van der Waals surface area (Å²) in [6, 6.07) is 0. The number of hydrogen-bond donors (Lipinski definition) is 2. The maximum atomic E-state index is 10.4. The van der Waals surface area contributed by atoms with Crippen molar-refractivity contribution in [2.24, 2.45) is 16.6 Å². The lowest BCUT2D eigenvalue weighted by Crippen LogP contribution is -2.30. The molecule has 0 aromatic heterocycles.